The van der Waals surface area contributed by atoms with E-state index in [9.17, 15) is 5.26 Å². The van der Waals surface area contributed by atoms with E-state index < -0.39 is 0 Å². The maximum atomic E-state index is 10.3. The van der Waals surface area contributed by atoms with Crippen molar-refractivity contribution in [3.05, 3.63) is 193 Å². The Morgan fingerprint density at radius 3 is 1.69 bits per heavy atom. The van der Waals surface area contributed by atoms with Crippen molar-refractivity contribution in [3.63, 3.8) is 0 Å². The van der Waals surface area contributed by atoms with Crippen LogP contribution in [0.4, 0.5) is 0 Å². The first kappa shape index (κ1) is 32.7. The van der Waals surface area contributed by atoms with Gasteiger partial charge in [-0.3, -0.25) is 0 Å². The molecule has 0 aliphatic rings. The topological polar surface area (TPSA) is 32.6 Å². The molecule has 0 aliphatic heterocycles. The molecule has 4 heterocycles. The molecule has 0 unspecified atom stereocenters. The van der Waals surface area contributed by atoms with E-state index >= 15 is 0 Å². The minimum Gasteiger partial charge on any atom is -0.308 e. The van der Waals surface area contributed by atoms with Crippen LogP contribution in [0.15, 0.2) is 182 Å². The number of hydrogen-bond acceptors (Lipinski definition) is 1. The van der Waals surface area contributed by atoms with Crippen LogP contribution in [0.3, 0.4) is 0 Å². The number of rotatable bonds is 3. The van der Waals surface area contributed by atoms with Crippen molar-refractivity contribution >= 4 is 97.7 Å². The fourth-order valence-electron chi connectivity index (χ4n) is 11.0. The van der Waals surface area contributed by atoms with E-state index in [1.165, 1.54) is 109 Å². The lowest BCUT2D eigenvalue weighted by atomic mass is 9.92. The highest BCUT2D eigenvalue weighted by molar-refractivity contribution is 6.31. The summed E-state index contributed by atoms with van der Waals surface area (Å²) in [6.07, 6.45) is 0. The third kappa shape index (κ3) is 4.30. The highest BCUT2D eigenvalue weighted by atomic mass is 14.9. The van der Waals surface area contributed by atoms with Gasteiger partial charge in [-0.2, -0.15) is 5.26 Å². The second-order valence-electron chi connectivity index (χ2n) is 16.8. The molecule has 61 heavy (non-hydrogen) atoms. The minimum atomic E-state index is 0.681. The lowest BCUT2D eigenvalue weighted by Crippen LogP contribution is -1.87. The molecule has 0 N–H and O–H groups in total. The van der Waals surface area contributed by atoms with Crippen molar-refractivity contribution in [1.82, 2.24) is 8.80 Å². The summed E-state index contributed by atoms with van der Waals surface area (Å²) in [5, 5.41) is 24.9. The molecule has 4 aromatic heterocycles. The summed E-state index contributed by atoms with van der Waals surface area (Å²) in [6.45, 7) is 2.23. The van der Waals surface area contributed by atoms with E-state index in [-0.39, 0.29) is 0 Å². The summed E-state index contributed by atoms with van der Waals surface area (Å²) >= 11 is 0. The summed E-state index contributed by atoms with van der Waals surface area (Å²) in [6, 6.07) is 69.4. The average Bonchev–Trinajstić information content (AvgIpc) is 4.05. The first-order chi connectivity index (χ1) is 30.1. The number of fused-ring (bicyclic) bond motifs is 16. The van der Waals surface area contributed by atoms with Crippen molar-refractivity contribution in [1.29, 1.82) is 5.26 Å². The second-order valence-corrected chi connectivity index (χ2v) is 16.8. The molecular formula is C58H33N3. The molecule has 0 atom stereocenters. The molecule has 0 amide bonds. The van der Waals surface area contributed by atoms with Gasteiger partial charge in [-0.25, -0.2) is 0 Å². The number of benzene rings is 10. The van der Waals surface area contributed by atoms with Crippen molar-refractivity contribution in [2.45, 2.75) is 6.92 Å². The predicted octanol–water partition coefficient (Wildman–Crippen LogP) is 15.5. The third-order valence-corrected chi connectivity index (χ3v) is 13.7. The molecule has 10 aromatic carbocycles. The van der Waals surface area contributed by atoms with Gasteiger partial charge in [0.2, 0.25) is 0 Å². The molecule has 280 valence electrons. The van der Waals surface area contributed by atoms with Crippen molar-refractivity contribution < 1.29 is 0 Å². The minimum absolute atomic E-state index is 0.681. The van der Waals surface area contributed by atoms with Gasteiger partial charge in [0.15, 0.2) is 0 Å². The zero-order valence-electron chi connectivity index (χ0n) is 33.2. The quantitative estimate of drug-likeness (QED) is 0.176. The van der Waals surface area contributed by atoms with E-state index in [4.69, 9.17) is 0 Å². The first-order valence-corrected chi connectivity index (χ1v) is 21.0. The Labute approximate surface area is 349 Å². The van der Waals surface area contributed by atoms with Gasteiger partial charge in [0.25, 0.3) is 0 Å². The van der Waals surface area contributed by atoms with Gasteiger partial charge in [-0.05, 0) is 134 Å². The SMILES string of the molecule is Cc1ccc(-c2ccccc2)cc1-c1cc2c3ccccc3n3c4ccc5ccc(-c6ccc7c(c6)c6cc(C#N)cc8c9c%10ccccc%10ccc9n7c68)cc5c4c(c1)c23. The van der Waals surface area contributed by atoms with Crippen LogP contribution in [0, 0.1) is 18.3 Å². The number of hydrogen-bond donors (Lipinski definition) is 0. The fraction of sp³-hybridized carbons (Fsp3) is 0.0172. The monoisotopic (exact) mass is 771 g/mol. The molecule has 3 nitrogen and oxygen atoms in total. The average molecular weight is 772 g/mol. The number of nitriles is 1. The zero-order chi connectivity index (χ0) is 40.1. The molecule has 0 saturated carbocycles. The summed E-state index contributed by atoms with van der Waals surface area (Å²) in [7, 11) is 0. The van der Waals surface area contributed by atoms with Gasteiger partial charge in [0.1, 0.15) is 0 Å². The Bertz CT molecular complexity index is 4230. The Hall–Kier alpha value is -8.19. The van der Waals surface area contributed by atoms with Crippen molar-refractivity contribution in [3.8, 4) is 39.4 Å². The molecule has 0 radical (unpaired) electrons. The van der Waals surface area contributed by atoms with E-state index in [1.807, 2.05) is 0 Å². The summed E-state index contributed by atoms with van der Waals surface area (Å²) in [5.74, 6) is 0. The smallest absolute Gasteiger partial charge is 0.0992 e. The fourth-order valence-corrected chi connectivity index (χ4v) is 11.0. The van der Waals surface area contributed by atoms with Gasteiger partial charge in [0, 0.05) is 43.1 Å². The molecule has 0 bridgehead atoms. The molecule has 0 spiro atoms. The number of nitrogens with zero attached hydrogens (tertiary/aromatic N) is 3. The lowest BCUT2D eigenvalue weighted by molar-refractivity contribution is 1.37. The number of aromatic nitrogens is 2. The first-order valence-electron chi connectivity index (χ1n) is 21.0. The molecule has 0 saturated heterocycles. The standard InChI is InChI=1S/C58H33N3/c1-33-15-16-38(35-9-3-2-4-10-35)27-44(33)41-30-48-43-13-7-8-14-51(43)60-54-24-20-37-17-18-39(28-45(37)56(54)50(31-41)58(48)60)40-21-22-52-46(29-40)47-25-34(32-59)26-49-55-42-12-6-5-11-36(42)19-23-53(55)61(52)57(47)49/h2-31H,1H3. The van der Waals surface area contributed by atoms with Crippen molar-refractivity contribution in [2.24, 2.45) is 0 Å². The Kier molecular flexibility index (Phi) is 6.29. The van der Waals surface area contributed by atoms with Gasteiger partial charge in [0.05, 0.1) is 44.7 Å². The summed E-state index contributed by atoms with van der Waals surface area (Å²) in [4.78, 5) is 0. The zero-order valence-corrected chi connectivity index (χ0v) is 33.2. The maximum absolute atomic E-state index is 10.3. The Balaban J connectivity index is 1.02. The van der Waals surface area contributed by atoms with E-state index in [0.29, 0.717) is 5.56 Å². The van der Waals surface area contributed by atoms with Crippen LogP contribution in [0.1, 0.15) is 11.1 Å². The van der Waals surface area contributed by atoms with Gasteiger partial charge < -0.3 is 8.80 Å². The largest absolute Gasteiger partial charge is 0.308 e. The van der Waals surface area contributed by atoms with Crippen molar-refractivity contribution in [2.75, 3.05) is 0 Å². The van der Waals surface area contributed by atoms with Crippen LogP contribution in [-0.4, -0.2) is 8.80 Å². The maximum Gasteiger partial charge on any atom is 0.0992 e. The van der Waals surface area contributed by atoms with Gasteiger partial charge in [-0.15, -0.1) is 0 Å². The number of aryl methyl sites for hydroxylation is 1. The van der Waals surface area contributed by atoms with E-state index in [0.717, 1.165) is 27.2 Å². The van der Waals surface area contributed by atoms with Crippen LogP contribution in [0.25, 0.3) is 131 Å². The normalized spacial score (nSPS) is 12.3. The van der Waals surface area contributed by atoms with Crippen LogP contribution < -0.4 is 0 Å². The molecule has 14 rings (SSSR count). The van der Waals surface area contributed by atoms with Crippen LogP contribution in [-0.2, 0) is 0 Å². The molecule has 14 aromatic rings. The molecule has 3 heteroatoms. The molecule has 0 aliphatic carbocycles. The van der Waals surface area contributed by atoms with Crippen LogP contribution in [0.5, 0.6) is 0 Å². The van der Waals surface area contributed by atoms with E-state index in [2.05, 4.69) is 204 Å². The molecule has 0 fully saturated rings. The van der Waals surface area contributed by atoms with E-state index in [1.54, 1.807) is 0 Å². The lowest BCUT2D eigenvalue weighted by Gasteiger charge is -2.11. The second kappa shape index (κ2) is 11.7. The Morgan fingerprint density at radius 1 is 0.361 bits per heavy atom. The Morgan fingerprint density at radius 2 is 0.885 bits per heavy atom. The van der Waals surface area contributed by atoms with Crippen LogP contribution >= 0.6 is 0 Å². The highest BCUT2D eigenvalue weighted by Crippen LogP contribution is 2.47. The predicted molar refractivity (Wildman–Crippen MR) is 257 cm³/mol. The highest BCUT2D eigenvalue weighted by Gasteiger charge is 2.23. The van der Waals surface area contributed by atoms with Gasteiger partial charge >= 0.3 is 0 Å². The third-order valence-electron chi connectivity index (χ3n) is 13.7. The molecular weight excluding hydrogens is 739 g/mol. The van der Waals surface area contributed by atoms with Gasteiger partial charge in [-0.1, -0.05) is 115 Å². The van der Waals surface area contributed by atoms with Crippen LogP contribution in [0.2, 0.25) is 0 Å². The number of para-hydroxylation sites is 1. The summed E-state index contributed by atoms with van der Waals surface area (Å²) in [5.41, 5.74) is 16.4. The summed E-state index contributed by atoms with van der Waals surface area (Å²) < 4.78 is 4.90.